The molecule has 0 fully saturated rings. The van der Waals surface area contributed by atoms with E-state index in [-0.39, 0.29) is 5.82 Å². The first-order valence-corrected chi connectivity index (χ1v) is 30.5. The van der Waals surface area contributed by atoms with Crippen LogP contribution in [0.15, 0.2) is 218 Å². The van der Waals surface area contributed by atoms with Gasteiger partial charge in [0.15, 0.2) is 9.84 Å². The molecule has 4 N–H and O–H groups in total. The van der Waals surface area contributed by atoms with E-state index >= 15 is 0 Å². The van der Waals surface area contributed by atoms with Gasteiger partial charge in [0.25, 0.3) is 0 Å². The highest BCUT2D eigenvalue weighted by molar-refractivity contribution is 7.90. The van der Waals surface area contributed by atoms with Crippen molar-refractivity contribution >= 4 is 9.84 Å². The molecule has 0 bridgehead atoms. The summed E-state index contributed by atoms with van der Waals surface area (Å²) in [5.41, 5.74) is 25.5. The number of rotatable bonds is 7. The summed E-state index contributed by atoms with van der Waals surface area (Å²) in [5, 5.41) is 27.7. The molecule has 0 radical (unpaired) electrons. The van der Waals surface area contributed by atoms with E-state index in [0.717, 1.165) is 45.0 Å². The number of aryl methyl sites for hydroxylation is 12. The average molecular weight is 1180 g/mol. The second-order valence-corrected chi connectivity index (χ2v) is 23.5. The zero-order chi connectivity index (χ0) is 63.0. The van der Waals surface area contributed by atoms with Gasteiger partial charge in [0.1, 0.15) is 11.6 Å². The van der Waals surface area contributed by atoms with Crippen LogP contribution in [-0.4, -0.2) is 62.6 Å². The van der Waals surface area contributed by atoms with Crippen LogP contribution in [-0.2, 0) is 9.84 Å². The summed E-state index contributed by atoms with van der Waals surface area (Å²) < 4.78 is 40.6. The number of halogens is 1. The predicted octanol–water partition coefficient (Wildman–Crippen LogP) is 18.3. The molecule has 0 unspecified atom stereocenters. The molecule has 0 saturated carbocycles. The molecular formula is C74H81FN8O3S. The standard InChI is InChI=1S/C14H13FO.C12H14N2.2C11H12N2.C10H10N2.C8H10O2S.C8H10/c1-10-3-5-11(6-4-10)13-9-12(16-2)7-8-14(13)15;1-8-4-6-11(7-5-8)12-9(2)13-14-10(12)3;2*1-8-3-5-10(6-4-8)11-7-12-13-9(11)2;1-8-2-4-9(5-3-8)10-6-11-12-7-10;1-7-3-5-8(6-4-7)11(2,9)10;1-7-3-5-8(2)6-4-7/h3-9H,1-2H3;4-7H,1-3H3,(H,13,14);2*3-7H,1-2H3,(H,12,13);2-7H,1H3,(H,11,12);3-6H,1-2H3;3-6H,1-2H3. The van der Waals surface area contributed by atoms with Gasteiger partial charge in [-0.3, -0.25) is 20.4 Å². The molecule has 0 aliphatic rings. The van der Waals surface area contributed by atoms with Crippen molar-refractivity contribution < 1.29 is 17.5 Å². The number of benzene rings is 8. The molecular weight excluding hydrogens is 1100 g/mol. The van der Waals surface area contributed by atoms with Gasteiger partial charge in [0.05, 0.1) is 36.3 Å². The quantitative estimate of drug-likeness (QED) is 0.124. The Morgan fingerprint density at radius 1 is 0.379 bits per heavy atom. The number of hydrogen-bond donors (Lipinski definition) is 4. The predicted molar refractivity (Wildman–Crippen MR) is 357 cm³/mol. The largest absolute Gasteiger partial charge is 0.497 e. The van der Waals surface area contributed by atoms with E-state index in [2.05, 4.69) is 211 Å². The molecule has 8 aromatic carbocycles. The molecule has 11 nitrogen and oxygen atoms in total. The number of hydrogen-bond acceptors (Lipinski definition) is 7. The molecule has 0 aliphatic carbocycles. The molecule has 12 aromatic rings. The van der Waals surface area contributed by atoms with Crippen LogP contribution in [0.2, 0.25) is 0 Å². The Balaban J connectivity index is 0.000000163. The summed E-state index contributed by atoms with van der Waals surface area (Å²) in [6.45, 7) is 24.6. The third-order valence-corrected chi connectivity index (χ3v) is 15.1. The number of aromatic nitrogens is 8. The maximum absolute atomic E-state index is 13.6. The molecule has 13 heteroatoms. The van der Waals surface area contributed by atoms with Gasteiger partial charge in [-0.25, -0.2) is 12.8 Å². The highest BCUT2D eigenvalue weighted by Gasteiger charge is 2.10. The lowest BCUT2D eigenvalue weighted by molar-refractivity contribution is 0.414. The fourth-order valence-corrected chi connectivity index (χ4v) is 9.24. The third kappa shape index (κ3) is 21.1. The van der Waals surface area contributed by atoms with Crippen molar-refractivity contribution in [2.45, 2.75) is 88.0 Å². The minimum absolute atomic E-state index is 0.232. The van der Waals surface area contributed by atoms with Crippen LogP contribution >= 0.6 is 0 Å². The molecule has 0 saturated heterocycles. The number of H-pyrrole nitrogens is 4. The van der Waals surface area contributed by atoms with E-state index in [9.17, 15) is 12.8 Å². The van der Waals surface area contributed by atoms with Crippen molar-refractivity contribution in [2.24, 2.45) is 0 Å². The summed E-state index contributed by atoms with van der Waals surface area (Å²) in [6.07, 6.45) is 8.65. The van der Waals surface area contributed by atoms with Crippen molar-refractivity contribution in [3.63, 3.8) is 0 Å². The van der Waals surface area contributed by atoms with E-state index in [1.165, 1.54) is 84.6 Å². The monoisotopic (exact) mass is 1180 g/mol. The van der Waals surface area contributed by atoms with Gasteiger partial charge in [-0.1, -0.05) is 202 Å². The minimum atomic E-state index is -3.02. The second-order valence-electron chi connectivity index (χ2n) is 21.5. The number of methoxy groups -OCH3 is 1. The van der Waals surface area contributed by atoms with Crippen molar-refractivity contribution in [3.8, 4) is 61.4 Å². The first-order chi connectivity index (χ1) is 41.6. The Labute approximate surface area is 514 Å². The molecule has 448 valence electrons. The topological polar surface area (TPSA) is 158 Å². The highest BCUT2D eigenvalue weighted by Crippen LogP contribution is 2.28. The Kier molecular flexibility index (Phi) is 24.8. The number of nitrogens with one attached hydrogen (secondary N) is 4. The number of ether oxygens (including phenoxy) is 1. The summed E-state index contributed by atoms with van der Waals surface area (Å²) in [6, 6.07) is 61.6. The highest BCUT2D eigenvalue weighted by atomic mass is 32.2. The van der Waals surface area contributed by atoms with Crippen LogP contribution in [0.1, 0.15) is 67.3 Å². The number of sulfone groups is 1. The first-order valence-electron chi connectivity index (χ1n) is 28.6. The van der Waals surface area contributed by atoms with Crippen LogP contribution in [0.25, 0.3) is 55.6 Å². The van der Waals surface area contributed by atoms with E-state index < -0.39 is 9.84 Å². The van der Waals surface area contributed by atoms with Gasteiger partial charge in [0.2, 0.25) is 0 Å². The zero-order valence-electron chi connectivity index (χ0n) is 52.5. The van der Waals surface area contributed by atoms with Gasteiger partial charge in [-0.2, -0.15) is 20.4 Å². The lowest BCUT2D eigenvalue weighted by Gasteiger charge is -2.06. The lowest BCUT2D eigenvalue weighted by Crippen LogP contribution is -1.95. The molecule has 4 heterocycles. The van der Waals surface area contributed by atoms with Gasteiger partial charge >= 0.3 is 0 Å². The Hall–Kier alpha value is -9.72. The van der Waals surface area contributed by atoms with Crippen LogP contribution in [0.4, 0.5) is 4.39 Å². The Morgan fingerprint density at radius 3 is 1.06 bits per heavy atom. The first kappa shape index (κ1) is 66.4. The van der Waals surface area contributed by atoms with E-state index in [4.69, 9.17) is 4.74 Å². The Bertz CT molecular complexity index is 3950. The van der Waals surface area contributed by atoms with Crippen molar-refractivity contribution in [3.05, 3.63) is 286 Å². The maximum Gasteiger partial charge on any atom is 0.175 e. The smallest absolute Gasteiger partial charge is 0.175 e. The normalized spacial score (nSPS) is 10.3. The fraction of sp³-hybridized carbons (Fsp3) is 0.189. The number of aromatic amines is 4. The summed E-state index contributed by atoms with van der Waals surface area (Å²) in [5.74, 6) is 0.432. The summed E-state index contributed by atoms with van der Waals surface area (Å²) >= 11 is 0. The molecule has 0 amide bonds. The summed E-state index contributed by atoms with van der Waals surface area (Å²) in [4.78, 5) is 0.378. The summed E-state index contributed by atoms with van der Waals surface area (Å²) in [7, 11) is -1.44. The second kappa shape index (κ2) is 32.5. The zero-order valence-corrected chi connectivity index (χ0v) is 53.3. The molecule has 12 rings (SSSR count). The van der Waals surface area contributed by atoms with E-state index in [1.54, 1.807) is 43.5 Å². The number of nitrogens with zero attached hydrogens (tertiary/aromatic N) is 4. The maximum atomic E-state index is 13.6. The van der Waals surface area contributed by atoms with Crippen LogP contribution < -0.4 is 4.74 Å². The van der Waals surface area contributed by atoms with Crippen molar-refractivity contribution in [1.29, 1.82) is 0 Å². The molecule has 4 aromatic heterocycles. The average Bonchev–Trinajstić information content (AvgIpc) is 4.00. The van der Waals surface area contributed by atoms with Crippen molar-refractivity contribution in [2.75, 3.05) is 13.4 Å². The van der Waals surface area contributed by atoms with Gasteiger partial charge in [-0.05, 0) is 141 Å². The Morgan fingerprint density at radius 2 is 0.736 bits per heavy atom. The van der Waals surface area contributed by atoms with Gasteiger partial charge in [-0.15, -0.1) is 0 Å². The molecule has 0 spiro atoms. The molecule has 0 atom stereocenters. The molecule has 0 aliphatic heterocycles. The van der Waals surface area contributed by atoms with Crippen molar-refractivity contribution in [1.82, 2.24) is 40.8 Å². The van der Waals surface area contributed by atoms with Crippen LogP contribution in [0, 0.1) is 88.9 Å². The van der Waals surface area contributed by atoms with E-state index in [0.29, 0.717) is 16.2 Å². The minimum Gasteiger partial charge on any atom is -0.497 e. The molecule has 87 heavy (non-hydrogen) atoms. The fourth-order valence-electron chi connectivity index (χ4n) is 8.61. The van der Waals surface area contributed by atoms with Gasteiger partial charge in [0, 0.05) is 57.4 Å². The van der Waals surface area contributed by atoms with Gasteiger partial charge < -0.3 is 4.74 Å². The lowest BCUT2D eigenvalue weighted by atomic mass is 10.0. The SMILES string of the molecule is COc1ccc(F)c(-c2ccc(C)cc2)c1.Cc1ccc(-c2c(C)n[nH]c2C)cc1.Cc1ccc(-c2cn[nH]c2)cc1.Cc1ccc(-c2cn[nH]c2C)cc1.Cc1ccc(-c2cn[nH]c2C)cc1.Cc1ccc(C)cc1.Cc1ccc(S(C)(=O)=O)cc1. The third-order valence-electron chi connectivity index (χ3n) is 13.9. The van der Waals surface area contributed by atoms with Crippen LogP contribution in [0.3, 0.4) is 0 Å². The van der Waals surface area contributed by atoms with E-state index in [1.807, 2.05) is 83.7 Å². The van der Waals surface area contributed by atoms with Crippen LogP contribution in [0.5, 0.6) is 5.75 Å².